The van der Waals surface area contributed by atoms with Crippen molar-refractivity contribution in [2.75, 3.05) is 6.61 Å². The molecule has 0 unspecified atom stereocenters. The van der Waals surface area contributed by atoms with E-state index in [1.165, 1.54) is 12.1 Å². The molecule has 15 heavy (non-hydrogen) atoms. The van der Waals surface area contributed by atoms with Crippen LogP contribution in [-0.2, 0) is 19.4 Å². The topological polar surface area (TPSA) is 60.4 Å². The van der Waals surface area contributed by atoms with Crippen molar-refractivity contribution >= 4 is 15.8 Å². The second-order valence-corrected chi connectivity index (χ2v) is 5.04. The summed E-state index contributed by atoms with van der Waals surface area (Å²) < 4.78 is 28.3. The van der Waals surface area contributed by atoms with E-state index in [0.717, 1.165) is 6.08 Å². The van der Waals surface area contributed by atoms with Gasteiger partial charge in [0.1, 0.15) is 6.61 Å². The van der Waals surface area contributed by atoms with E-state index in [1.54, 1.807) is 18.2 Å². The maximum atomic E-state index is 11.9. The fourth-order valence-electron chi connectivity index (χ4n) is 1.26. The third kappa shape index (κ3) is 1.78. The summed E-state index contributed by atoms with van der Waals surface area (Å²) in [6.07, 6.45) is 1.02. The maximum absolute atomic E-state index is 11.9. The van der Waals surface area contributed by atoms with E-state index in [1.807, 2.05) is 0 Å². The van der Waals surface area contributed by atoms with Gasteiger partial charge < -0.3 is 4.74 Å². The minimum Gasteiger partial charge on any atom is -0.457 e. The van der Waals surface area contributed by atoms with Gasteiger partial charge in [0.05, 0.1) is 9.80 Å². The fraction of sp³-hybridized carbons (Fsp3) is 0.100. The second-order valence-electron chi connectivity index (χ2n) is 3.03. The van der Waals surface area contributed by atoms with Crippen molar-refractivity contribution in [2.45, 2.75) is 4.90 Å². The van der Waals surface area contributed by atoms with Crippen molar-refractivity contribution in [3.05, 3.63) is 41.3 Å². The number of carbonyl (C=O) groups excluding carboxylic acids is 1. The molecule has 0 atom stereocenters. The summed E-state index contributed by atoms with van der Waals surface area (Å²) in [6, 6.07) is 7.96. The largest absolute Gasteiger partial charge is 0.457 e. The quantitative estimate of drug-likeness (QED) is 0.700. The van der Waals surface area contributed by atoms with Crippen LogP contribution in [0.25, 0.3) is 0 Å². The van der Waals surface area contributed by atoms with Crippen LogP contribution in [0.4, 0.5) is 0 Å². The van der Waals surface area contributed by atoms with Gasteiger partial charge in [-0.3, -0.25) is 0 Å². The molecule has 0 bridgehead atoms. The summed E-state index contributed by atoms with van der Waals surface area (Å²) in [5.41, 5.74) is 0. The Kier molecular flexibility index (Phi) is 2.32. The van der Waals surface area contributed by atoms with Gasteiger partial charge in [-0.1, -0.05) is 18.2 Å². The molecule has 4 nitrogen and oxygen atoms in total. The van der Waals surface area contributed by atoms with Crippen LogP contribution in [0.5, 0.6) is 0 Å². The lowest BCUT2D eigenvalue weighted by molar-refractivity contribution is -0.134. The van der Waals surface area contributed by atoms with Crippen LogP contribution in [0.1, 0.15) is 0 Å². The molecule has 0 N–H and O–H groups in total. The Labute approximate surface area is 87.1 Å². The van der Waals surface area contributed by atoms with Crippen LogP contribution < -0.4 is 0 Å². The highest BCUT2D eigenvalue weighted by Gasteiger charge is 2.26. The summed E-state index contributed by atoms with van der Waals surface area (Å²) in [6.45, 7) is -0.171. The number of benzene rings is 1. The molecule has 0 fully saturated rings. The molecule has 5 heteroatoms. The highest BCUT2D eigenvalue weighted by atomic mass is 32.2. The zero-order valence-electron chi connectivity index (χ0n) is 7.71. The number of carbonyl (C=O) groups is 1. The van der Waals surface area contributed by atoms with Crippen LogP contribution in [0.2, 0.25) is 0 Å². The van der Waals surface area contributed by atoms with Gasteiger partial charge in [-0.25, -0.2) is 13.2 Å². The van der Waals surface area contributed by atoms with Crippen molar-refractivity contribution in [3.63, 3.8) is 0 Å². The van der Waals surface area contributed by atoms with E-state index in [9.17, 15) is 13.2 Å². The smallest absolute Gasteiger partial charge is 0.332 e. The standard InChI is InChI=1S/C10H8O4S/c11-10-6-9(7-14-10)15(12,13)8-4-2-1-3-5-8/h1-6H,7H2. The monoisotopic (exact) mass is 224 g/mol. The molecule has 1 aliphatic rings. The Balaban J connectivity index is 2.45. The average Bonchev–Trinajstić information content (AvgIpc) is 2.67. The van der Waals surface area contributed by atoms with Crippen LogP contribution in [0.3, 0.4) is 0 Å². The van der Waals surface area contributed by atoms with Crippen molar-refractivity contribution < 1.29 is 17.9 Å². The first kappa shape index (κ1) is 9.92. The number of hydrogen-bond acceptors (Lipinski definition) is 4. The summed E-state index contributed by atoms with van der Waals surface area (Å²) in [5, 5.41) is 0. The lowest BCUT2D eigenvalue weighted by Gasteiger charge is -2.02. The first-order valence-electron chi connectivity index (χ1n) is 4.28. The minimum atomic E-state index is -3.56. The summed E-state index contributed by atoms with van der Waals surface area (Å²) in [7, 11) is -3.56. The van der Waals surface area contributed by atoms with Crippen LogP contribution in [-0.4, -0.2) is 21.0 Å². The van der Waals surface area contributed by atoms with Crippen molar-refractivity contribution in [1.29, 1.82) is 0 Å². The number of rotatable bonds is 2. The molecule has 0 saturated carbocycles. The number of sulfone groups is 1. The van der Waals surface area contributed by atoms with E-state index in [-0.39, 0.29) is 16.4 Å². The van der Waals surface area contributed by atoms with E-state index in [2.05, 4.69) is 4.74 Å². The molecule has 0 saturated heterocycles. The fourth-order valence-corrected chi connectivity index (χ4v) is 2.55. The number of esters is 1. The molecule has 78 valence electrons. The van der Waals surface area contributed by atoms with Gasteiger partial charge in [0.25, 0.3) is 0 Å². The zero-order valence-corrected chi connectivity index (χ0v) is 8.53. The predicted octanol–water partition coefficient (Wildman–Crippen LogP) is 0.901. The molecule has 1 heterocycles. The Hall–Kier alpha value is -1.62. The van der Waals surface area contributed by atoms with Gasteiger partial charge >= 0.3 is 5.97 Å². The molecule has 0 aromatic heterocycles. The molecule has 2 rings (SSSR count). The van der Waals surface area contributed by atoms with Crippen LogP contribution in [0.15, 0.2) is 46.2 Å². The average molecular weight is 224 g/mol. The molecule has 0 amide bonds. The van der Waals surface area contributed by atoms with Gasteiger partial charge in [-0.15, -0.1) is 0 Å². The van der Waals surface area contributed by atoms with Gasteiger partial charge in [0.2, 0.25) is 9.84 Å². The first-order chi connectivity index (χ1) is 7.10. The van der Waals surface area contributed by atoms with Crippen LogP contribution in [0, 0.1) is 0 Å². The Bertz CT molecular complexity index is 514. The van der Waals surface area contributed by atoms with Crippen molar-refractivity contribution in [3.8, 4) is 0 Å². The molecule has 1 aromatic rings. The summed E-state index contributed by atoms with van der Waals surface area (Å²) >= 11 is 0. The molecule has 0 aliphatic carbocycles. The zero-order chi connectivity index (χ0) is 10.9. The predicted molar refractivity (Wildman–Crippen MR) is 52.7 cm³/mol. The Morgan fingerprint density at radius 2 is 1.80 bits per heavy atom. The SMILES string of the molecule is O=C1C=C(S(=O)(=O)c2ccccc2)CO1. The third-order valence-electron chi connectivity index (χ3n) is 2.03. The van der Waals surface area contributed by atoms with Crippen molar-refractivity contribution in [2.24, 2.45) is 0 Å². The first-order valence-corrected chi connectivity index (χ1v) is 5.76. The van der Waals surface area contributed by atoms with Gasteiger partial charge in [-0.2, -0.15) is 0 Å². The summed E-state index contributed by atoms with van der Waals surface area (Å²) in [5.74, 6) is -0.607. The van der Waals surface area contributed by atoms with Gasteiger partial charge in [0, 0.05) is 6.08 Å². The lowest BCUT2D eigenvalue weighted by atomic mass is 10.4. The lowest BCUT2D eigenvalue weighted by Crippen LogP contribution is -2.05. The van der Waals surface area contributed by atoms with E-state index >= 15 is 0 Å². The van der Waals surface area contributed by atoms with Crippen molar-refractivity contribution in [1.82, 2.24) is 0 Å². The van der Waals surface area contributed by atoms with E-state index < -0.39 is 15.8 Å². The highest BCUT2D eigenvalue weighted by Crippen LogP contribution is 2.21. The minimum absolute atomic E-state index is 0.0127. The van der Waals surface area contributed by atoms with Gasteiger partial charge in [-0.05, 0) is 12.1 Å². The molecular formula is C10H8O4S. The molecular weight excluding hydrogens is 216 g/mol. The second kappa shape index (κ2) is 3.51. The highest BCUT2D eigenvalue weighted by molar-refractivity contribution is 7.95. The third-order valence-corrected chi connectivity index (χ3v) is 3.85. The van der Waals surface area contributed by atoms with E-state index in [0.29, 0.717) is 0 Å². The van der Waals surface area contributed by atoms with Gasteiger partial charge in [0.15, 0.2) is 0 Å². The Morgan fingerprint density at radius 1 is 1.13 bits per heavy atom. The number of cyclic esters (lactones) is 1. The maximum Gasteiger partial charge on any atom is 0.332 e. The molecule has 0 spiro atoms. The summed E-state index contributed by atoms with van der Waals surface area (Å²) in [4.78, 5) is 11.0. The number of ether oxygens (including phenoxy) is 1. The van der Waals surface area contributed by atoms with E-state index in [4.69, 9.17) is 0 Å². The molecule has 1 aromatic carbocycles. The number of hydrogen-bond donors (Lipinski definition) is 0. The molecule has 0 radical (unpaired) electrons. The van der Waals surface area contributed by atoms with Crippen LogP contribution >= 0.6 is 0 Å². The molecule has 1 aliphatic heterocycles. The normalized spacial score (nSPS) is 16.0. The Morgan fingerprint density at radius 3 is 2.33 bits per heavy atom.